The number of hydrogen-bond acceptors (Lipinski definition) is 3. The van der Waals surface area contributed by atoms with E-state index in [-0.39, 0.29) is 0 Å². The van der Waals surface area contributed by atoms with Crippen molar-refractivity contribution in [2.45, 2.75) is 19.4 Å². The second-order valence-electron chi connectivity index (χ2n) is 2.84. The molecule has 0 bridgehead atoms. The molecular formula is C9H14BrNOS. The van der Waals surface area contributed by atoms with E-state index in [1.807, 2.05) is 0 Å². The number of unbranched alkanes of at least 4 members (excludes halogenated alkanes) is 1. The minimum atomic E-state index is 0.298. The van der Waals surface area contributed by atoms with Crippen LogP contribution in [0.15, 0.2) is 15.9 Å². The van der Waals surface area contributed by atoms with Crippen molar-refractivity contribution in [2.24, 2.45) is 0 Å². The second kappa shape index (κ2) is 6.54. The zero-order valence-corrected chi connectivity index (χ0v) is 9.83. The molecule has 0 amide bonds. The fourth-order valence-corrected chi connectivity index (χ4v) is 2.44. The third-order valence-electron chi connectivity index (χ3n) is 1.68. The van der Waals surface area contributed by atoms with Crippen LogP contribution in [-0.2, 0) is 6.54 Å². The van der Waals surface area contributed by atoms with Crippen LogP contribution in [0, 0.1) is 0 Å². The highest BCUT2D eigenvalue weighted by Crippen LogP contribution is 2.19. The number of rotatable bonds is 6. The van der Waals surface area contributed by atoms with Gasteiger partial charge in [-0.15, -0.1) is 11.3 Å². The molecule has 1 aromatic rings. The molecule has 1 aromatic heterocycles. The molecular weight excluding hydrogens is 250 g/mol. The van der Waals surface area contributed by atoms with Gasteiger partial charge in [0.25, 0.3) is 0 Å². The lowest BCUT2D eigenvalue weighted by atomic mass is 10.3. The van der Waals surface area contributed by atoms with Gasteiger partial charge in [0, 0.05) is 27.9 Å². The Morgan fingerprint density at radius 3 is 2.92 bits per heavy atom. The van der Waals surface area contributed by atoms with Crippen LogP contribution in [0.2, 0.25) is 0 Å². The Kier molecular flexibility index (Phi) is 5.62. The zero-order valence-electron chi connectivity index (χ0n) is 7.42. The first-order valence-electron chi connectivity index (χ1n) is 4.37. The number of nitrogens with one attached hydrogen (secondary N) is 1. The number of aliphatic hydroxyl groups excluding tert-OH is 1. The van der Waals surface area contributed by atoms with Crippen LogP contribution in [-0.4, -0.2) is 18.3 Å². The first-order valence-corrected chi connectivity index (χ1v) is 6.04. The third kappa shape index (κ3) is 4.76. The van der Waals surface area contributed by atoms with Gasteiger partial charge in [0.15, 0.2) is 0 Å². The highest BCUT2D eigenvalue weighted by Gasteiger charge is 1.95. The largest absolute Gasteiger partial charge is 0.396 e. The Morgan fingerprint density at radius 2 is 2.31 bits per heavy atom. The smallest absolute Gasteiger partial charge is 0.0431 e. The fourth-order valence-electron chi connectivity index (χ4n) is 1.02. The van der Waals surface area contributed by atoms with Crippen LogP contribution in [0.3, 0.4) is 0 Å². The van der Waals surface area contributed by atoms with Crippen molar-refractivity contribution in [3.8, 4) is 0 Å². The molecule has 0 aliphatic carbocycles. The van der Waals surface area contributed by atoms with Crippen molar-refractivity contribution in [2.75, 3.05) is 13.2 Å². The van der Waals surface area contributed by atoms with Crippen LogP contribution in [0.25, 0.3) is 0 Å². The van der Waals surface area contributed by atoms with E-state index in [0.717, 1.165) is 30.4 Å². The van der Waals surface area contributed by atoms with Gasteiger partial charge in [0.05, 0.1) is 0 Å². The normalized spacial score (nSPS) is 10.6. The summed E-state index contributed by atoms with van der Waals surface area (Å²) >= 11 is 5.17. The molecule has 0 unspecified atom stereocenters. The van der Waals surface area contributed by atoms with Crippen molar-refractivity contribution in [3.05, 3.63) is 20.8 Å². The van der Waals surface area contributed by atoms with E-state index in [0.29, 0.717) is 6.61 Å². The molecule has 2 N–H and O–H groups in total. The Bertz CT molecular complexity index is 239. The quantitative estimate of drug-likeness (QED) is 0.773. The summed E-state index contributed by atoms with van der Waals surface area (Å²) in [7, 11) is 0. The summed E-state index contributed by atoms with van der Waals surface area (Å²) in [6.07, 6.45) is 1.93. The van der Waals surface area contributed by atoms with Crippen molar-refractivity contribution in [1.82, 2.24) is 5.32 Å². The average Bonchev–Trinajstić information content (AvgIpc) is 2.51. The van der Waals surface area contributed by atoms with Gasteiger partial charge in [-0.3, -0.25) is 0 Å². The summed E-state index contributed by atoms with van der Waals surface area (Å²) in [4.78, 5) is 1.34. The molecule has 1 heterocycles. The van der Waals surface area contributed by atoms with E-state index < -0.39 is 0 Å². The van der Waals surface area contributed by atoms with E-state index in [1.165, 1.54) is 4.88 Å². The molecule has 0 atom stereocenters. The van der Waals surface area contributed by atoms with Crippen molar-refractivity contribution < 1.29 is 5.11 Å². The van der Waals surface area contributed by atoms with Crippen molar-refractivity contribution >= 4 is 27.3 Å². The van der Waals surface area contributed by atoms with Crippen LogP contribution >= 0.6 is 27.3 Å². The molecule has 0 spiro atoms. The molecule has 0 radical (unpaired) electrons. The minimum Gasteiger partial charge on any atom is -0.396 e. The predicted molar refractivity (Wildman–Crippen MR) is 60.0 cm³/mol. The monoisotopic (exact) mass is 263 g/mol. The van der Waals surface area contributed by atoms with Gasteiger partial charge in [-0.1, -0.05) is 0 Å². The van der Waals surface area contributed by atoms with E-state index in [9.17, 15) is 0 Å². The lowest BCUT2D eigenvalue weighted by Gasteiger charge is -2.00. The van der Waals surface area contributed by atoms with E-state index in [1.54, 1.807) is 11.3 Å². The second-order valence-corrected chi connectivity index (χ2v) is 4.75. The number of aliphatic hydroxyl groups is 1. The molecule has 0 aliphatic heterocycles. The van der Waals surface area contributed by atoms with Gasteiger partial charge in [-0.2, -0.15) is 0 Å². The molecule has 0 saturated carbocycles. The maximum atomic E-state index is 8.55. The topological polar surface area (TPSA) is 32.3 Å². The molecule has 0 fully saturated rings. The van der Waals surface area contributed by atoms with Gasteiger partial charge in [-0.05, 0) is 41.4 Å². The van der Waals surface area contributed by atoms with E-state index in [2.05, 4.69) is 32.7 Å². The van der Waals surface area contributed by atoms with Gasteiger partial charge in [-0.25, -0.2) is 0 Å². The van der Waals surface area contributed by atoms with Crippen molar-refractivity contribution in [1.29, 1.82) is 0 Å². The minimum absolute atomic E-state index is 0.298. The van der Waals surface area contributed by atoms with Gasteiger partial charge in [0.2, 0.25) is 0 Å². The molecule has 0 saturated heterocycles. The Hall–Kier alpha value is 0.1000. The summed E-state index contributed by atoms with van der Waals surface area (Å²) in [5.74, 6) is 0. The Balaban J connectivity index is 2.06. The third-order valence-corrected chi connectivity index (χ3v) is 3.38. The number of thiophene rings is 1. The molecule has 0 aromatic carbocycles. The molecule has 0 aliphatic rings. The Morgan fingerprint density at radius 1 is 1.46 bits per heavy atom. The number of hydrogen-bond donors (Lipinski definition) is 2. The van der Waals surface area contributed by atoms with E-state index in [4.69, 9.17) is 5.11 Å². The first kappa shape index (κ1) is 11.2. The van der Waals surface area contributed by atoms with Crippen LogP contribution in [0.5, 0.6) is 0 Å². The summed E-state index contributed by atoms with van der Waals surface area (Å²) in [5, 5.41) is 14.0. The molecule has 2 nitrogen and oxygen atoms in total. The van der Waals surface area contributed by atoms with Crippen LogP contribution in [0.1, 0.15) is 17.7 Å². The number of halogens is 1. The van der Waals surface area contributed by atoms with Gasteiger partial charge in [0.1, 0.15) is 0 Å². The molecule has 74 valence electrons. The maximum Gasteiger partial charge on any atom is 0.0431 e. The highest BCUT2D eigenvalue weighted by atomic mass is 79.9. The Labute approximate surface area is 91.1 Å². The lowest BCUT2D eigenvalue weighted by Crippen LogP contribution is -2.14. The lowest BCUT2D eigenvalue weighted by molar-refractivity contribution is 0.283. The van der Waals surface area contributed by atoms with E-state index >= 15 is 0 Å². The molecule has 1 rings (SSSR count). The summed E-state index contributed by atoms with van der Waals surface area (Å²) in [6, 6.07) is 2.13. The van der Waals surface area contributed by atoms with Gasteiger partial charge < -0.3 is 10.4 Å². The SMILES string of the molecule is OCCCCNCc1cc(Br)cs1. The molecule has 4 heteroatoms. The van der Waals surface area contributed by atoms with Crippen LogP contribution in [0.4, 0.5) is 0 Å². The predicted octanol–water partition coefficient (Wildman–Crippen LogP) is 2.37. The van der Waals surface area contributed by atoms with Gasteiger partial charge >= 0.3 is 0 Å². The zero-order chi connectivity index (χ0) is 9.52. The highest BCUT2D eigenvalue weighted by molar-refractivity contribution is 9.10. The standard InChI is InChI=1S/C9H14BrNOS/c10-8-5-9(13-7-8)6-11-3-1-2-4-12/h5,7,11-12H,1-4,6H2. The first-order chi connectivity index (χ1) is 6.33. The average molecular weight is 264 g/mol. The van der Waals surface area contributed by atoms with Crippen LogP contribution < -0.4 is 5.32 Å². The fraction of sp³-hybridized carbons (Fsp3) is 0.556. The summed E-state index contributed by atoms with van der Waals surface area (Å²) in [5.41, 5.74) is 0. The maximum absolute atomic E-state index is 8.55. The summed E-state index contributed by atoms with van der Waals surface area (Å²) < 4.78 is 1.16. The molecule has 13 heavy (non-hydrogen) atoms. The van der Waals surface area contributed by atoms with Crippen molar-refractivity contribution in [3.63, 3.8) is 0 Å². The summed E-state index contributed by atoms with van der Waals surface area (Å²) in [6.45, 7) is 2.21.